The van der Waals surface area contributed by atoms with E-state index in [0.29, 0.717) is 22.9 Å². The van der Waals surface area contributed by atoms with Crippen molar-refractivity contribution < 1.29 is 35.9 Å². The van der Waals surface area contributed by atoms with Crippen LogP contribution in [0.15, 0.2) is 84.9 Å². The second kappa shape index (κ2) is 13.0. The van der Waals surface area contributed by atoms with E-state index in [0.717, 1.165) is 10.9 Å². The highest BCUT2D eigenvalue weighted by Gasteiger charge is 2.36. The van der Waals surface area contributed by atoms with E-state index in [-0.39, 0.29) is 24.5 Å². The average molecular weight is 644 g/mol. The van der Waals surface area contributed by atoms with Crippen LogP contribution in [0.5, 0.6) is 0 Å². The lowest BCUT2D eigenvalue weighted by molar-refractivity contribution is -0.141. The van der Waals surface area contributed by atoms with Crippen molar-refractivity contribution in [3.05, 3.63) is 107 Å². The SMILES string of the molecule is CC(C)(C)OC(=O)NCc1cccc(-n2nc(C(F)(F)F)cc2C(=O)Nc2cccc(CN(c3ccccc3)S(C)(=O)=O)c2)c1. The Bertz CT molecular complexity index is 1790. The van der Waals surface area contributed by atoms with Crippen LogP contribution < -0.4 is 14.9 Å². The third kappa shape index (κ3) is 9.08. The monoisotopic (exact) mass is 643 g/mol. The van der Waals surface area contributed by atoms with Crippen molar-refractivity contribution >= 4 is 33.4 Å². The Labute approximate surface area is 258 Å². The molecule has 0 unspecified atom stereocenters. The highest BCUT2D eigenvalue weighted by atomic mass is 32.2. The molecule has 0 aliphatic carbocycles. The van der Waals surface area contributed by atoms with E-state index in [1.54, 1.807) is 75.4 Å². The Morgan fingerprint density at radius 3 is 2.22 bits per heavy atom. The van der Waals surface area contributed by atoms with E-state index in [1.807, 2.05) is 0 Å². The van der Waals surface area contributed by atoms with Gasteiger partial charge in [-0.05, 0) is 68.3 Å². The van der Waals surface area contributed by atoms with Crippen LogP contribution in [0.25, 0.3) is 5.69 Å². The van der Waals surface area contributed by atoms with Gasteiger partial charge in [-0.15, -0.1) is 0 Å². The zero-order chi connectivity index (χ0) is 33.0. The van der Waals surface area contributed by atoms with Gasteiger partial charge in [0, 0.05) is 18.3 Å². The van der Waals surface area contributed by atoms with Crippen molar-refractivity contribution in [2.24, 2.45) is 0 Å². The first-order valence-corrected chi connectivity index (χ1v) is 15.5. The summed E-state index contributed by atoms with van der Waals surface area (Å²) in [6.45, 7) is 5.09. The van der Waals surface area contributed by atoms with Crippen molar-refractivity contribution in [3.63, 3.8) is 0 Å². The molecule has 0 atom stereocenters. The van der Waals surface area contributed by atoms with E-state index in [4.69, 9.17) is 4.74 Å². The van der Waals surface area contributed by atoms with E-state index < -0.39 is 45.2 Å². The number of rotatable bonds is 9. The molecule has 14 heteroatoms. The van der Waals surface area contributed by atoms with Gasteiger partial charge in [0.05, 0.1) is 24.2 Å². The maximum atomic E-state index is 13.7. The summed E-state index contributed by atoms with van der Waals surface area (Å²) >= 11 is 0. The van der Waals surface area contributed by atoms with Crippen LogP contribution in [0.3, 0.4) is 0 Å². The zero-order valence-corrected chi connectivity index (χ0v) is 25.7. The van der Waals surface area contributed by atoms with Crippen molar-refractivity contribution in [3.8, 4) is 5.69 Å². The van der Waals surface area contributed by atoms with Crippen molar-refractivity contribution in [1.29, 1.82) is 0 Å². The molecule has 2 amide bonds. The number of benzene rings is 3. The molecule has 3 aromatic carbocycles. The smallest absolute Gasteiger partial charge is 0.435 e. The fourth-order valence-corrected chi connectivity index (χ4v) is 5.16. The predicted octanol–water partition coefficient (Wildman–Crippen LogP) is 6.13. The molecule has 2 N–H and O–H groups in total. The lowest BCUT2D eigenvalue weighted by Crippen LogP contribution is -2.32. The van der Waals surface area contributed by atoms with Gasteiger partial charge in [-0.3, -0.25) is 9.10 Å². The summed E-state index contributed by atoms with van der Waals surface area (Å²) in [5.74, 6) is -0.879. The standard InChI is InChI=1S/C31H32F3N5O5S/c1-30(2,3)44-29(41)35-19-21-10-9-15-25(17-21)39-26(18-27(37-39)31(32,33)34)28(40)36-23-12-8-11-22(16-23)20-38(45(4,42)43)24-13-6-5-7-14-24/h5-18H,19-20H2,1-4H3,(H,35,41)(H,36,40). The van der Waals surface area contributed by atoms with E-state index in [1.165, 1.54) is 28.6 Å². The number of anilines is 2. The minimum Gasteiger partial charge on any atom is -0.444 e. The number of carbonyl (C=O) groups excluding carboxylic acids is 2. The molecule has 0 spiro atoms. The third-order valence-corrected chi connectivity index (χ3v) is 7.32. The summed E-state index contributed by atoms with van der Waals surface area (Å²) in [7, 11) is -3.67. The minimum atomic E-state index is -4.83. The first-order chi connectivity index (χ1) is 21.0. The van der Waals surface area contributed by atoms with E-state index in [2.05, 4.69) is 15.7 Å². The number of nitrogens with zero attached hydrogens (tertiary/aromatic N) is 3. The third-order valence-electron chi connectivity index (χ3n) is 6.18. The summed E-state index contributed by atoms with van der Waals surface area (Å²) in [6.07, 6.45) is -4.42. The fraction of sp³-hybridized carbons (Fsp3) is 0.258. The van der Waals surface area contributed by atoms with Gasteiger partial charge in [0.1, 0.15) is 11.3 Å². The van der Waals surface area contributed by atoms with Crippen LogP contribution in [0, 0.1) is 0 Å². The van der Waals surface area contributed by atoms with Gasteiger partial charge < -0.3 is 15.4 Å². The largest absolute Gasteiger partial charge is 0.444 e. The molecule has 0 bridgehead atoms. The average Bonchev–Trinajstić information content (AvgIpc) is 3.41. The molecular weight excluding hydrogens is 611 g/mol. The molecule has 1 heterocycles. The number of alkyl halides is 3. The Morgan fingerprint density at radius 1 is 0.911 bits per heavy atom. The van der Waals surface area contributed by atoms with Gasteiger partial charge in [-0.25, -0.2) is 17.9 Å². The number of nitrogens with one attached hydrogen (secondary N) is 2. The molecule has 4 rings (SSSR count). The molecular formula is C31H32F3N5O5S. The molecule has 0 aliphatic heterocycles. The van der Waals surface area contributed by atoms with Crippen molar-refractivity contribution in [2.45, 2.75) is 45.6 Å². The summed E-state index contributed by atoms with van der Waals surface area (Å²) in [5, 5.41) is 8.84. The number of carbonyl (C=O) groups is 2. The lowest BCUT2D eigenvalue weighted by Gasteiger charge is -2.22. The second-order valence-corrected chi connectivity index (χ2v) is 13.0. The van der Waals surface area contributed by atoms with Gasteiger partial charge in [-0.1, -0.05) is 42.5 Å². The molecule has 0 radical (unpaired) electrons. The predicted molar refractivity (Wildman–Crippen MR) is 164 cm³/mol. The number of ether oxygens (including phenoxy) is 1. The van der Waals surface area contributed by atoms with E-state index >= 15 is 0 Å². The van der Waals surface area contributed by atoms with Gasteiger partial charge in [0.2, 0.25) is 10.0 Å². The highest BCUT2D eigenvalue weighted by molar-refractivity contribution is 7.92. The maximum Gasteiger partial charge on any atom is 0.435 e. The molecule has 238 valence electrons. The number of halogens is 3. The van der Waals surface area contributed by atoms with Gasteiger partial charge in [0.15, 0.2) is 5.69 Å². The Balaban J connectivity index is 1.59. The Hall–Kier alpha value is -4.85. The van der Waals surface area contributed by atoms with Gasteiger partial charge >= 0.3 is 12.3 Å². The van der Waals surface area contributed by atoms with Crippen LogP contribution in [0.2, 0.25) is 0 Å². The summed E-state index contributed by atoms with van der Waals surface area (Å²) in [5.41, 5.74) is -0.507. The molecule has 0 saturated heterocycles. The quantitative estimate of drug-likeness (QED) is 0.226. The van der Waals surface area contributed by atoms with Crippen LogP contribution >= 0.6 is 0 Å². The van der Waals surface area contributed by atoms with Crippen LogP contribution in [0.1, 0.15) is 48.1 Å². The number of hydrogen-bond acceptors (Lipinski definition) is 6. The number of aromatic nitrogens is 2. The first-order valence-electron chi connectivity index (χ1n) is 13.7. The zero-order valence-electron chi connectivity index (χ0n) is 24.9. The number of alkyl carbamates (subject to hydrolysis) is 1. The Kier molecular flexibility index (Phi) is 9.56. The number of sulfonamides is 1. The lowest BCUT2D eigenvalue weighted by atomic mass is 10.2. The van der Waals surface area contributed by atoms with Crippen molar-refractivity contribution in [2.75, 3.05) is 15.9 Å². The van der Waals surface area contributed by atoms with E-state index in [9.17, 15) is 31.2 Å². The van der Waals surface area contributed by atoms with Gasteiger partial charge in [-0.2, -0.15) is 18.3 Å². The molecule has 1 aromatic heterocycles. The van der Waals surface area contributed by atoms with Crippen LogP contribution in [0.4, 0.5) is 29.3 Å². The fourth-order valence-electron chi connectivity index (χ4n) is 4.27. The van der Waals surface area contributed by atoms with Gasteiger partial charge in [0.25, 0.3) is 5.91 Å². The molecule has 4 aromatic rings. The normalized spacial score (nSPS) is 12.0. The first kappa shape index (κ1) is 33.1. The summed E-state index contributed by atoms with van der Waals surface area (Å²) in [4.78, 5) is 25.4. The highest BCUT2D eigenvalue weighted by Crippen LogP contribution is 2.30. The number of para-hydroxylation sites is 1. The number of hydrogen-bond donors (Lipinski definition) is 2. The topological polar surface area (TPSA) is 123 Å². The molecule has 0 saturated carbocycles. The minimum absolute atomic E-state index is 0.0119. The molecule has 0 aliphatic rings. The van der Waals surface area contributed by atoms with Crippen molar-refractivity contribution in [1.82, 2.24) is 15.1 Å². The maximum absolute atomic E-state index is 13.7. The Morgan fingerprint density at radius 2 is 1.58 bits per heavy atom. The van der Waals surface area contributed by atoms with Crippen LogP contribution in [-0.2, 0) is 34.0 Å². The summed E-state index contributed by atoms with van der Waals surface area (Å²) < 4.78 is 73.4. The molecule has 45 heavy (non-hydrogen) atoms. The molecule has 10 nitrogen and oxygen atoms in total. The number of amides is 2. The second-order valence-electron chi connectivity index (χ2n) is 11.1. The summed E-state index contributed by atoms with van der Waals surface area (Å²) in [6, 6.07) is 21.6. The molecule has 0 fully saturated rings. The van der Waals surface area contributed by atoms with Crippen LogP contribution in [-0.4, -0.2) is 42.1 Å².